The fourth-order valence-corrected chi connectivity index (χ4v) is 3.35. The van der Waals surface area contributed by atoms with Gasteiger partial charge < -0.3 is 4.98 Å². The molecule has 0 atom stereocenters. The molecule has 0 saturated carbocycles. The largest absolute Gasteiger partial charge is 0.335 e. The minimum atomic E-state index is 0.0526. The Morgan fingerprint density at radius 2 is 1.55 bits per heavy atom. The van der Waals surface area contributed by atoms with E-state index in [0.717, 1.165) is 11.1 Å². The molecule has 3 rings (SSSR count). The molecule has 2 nitrogen and oxygen atoms in total. The van der Waals surface area contributed by atoms with E-state index < -0.39 is 0 Å². The van der Waals surface area contributed by atoms with Crippen molar-refractivity contribution in [1.29, 1.82) is 0 Å². The molecule has 110 valence electrons. The third-order valence-electron chi connectivity index (χ3n) is 3.61. The van der Waals surface area contributed by atoms with Crippen LogP contribution in [0.1, 0.15) is 34.0 Å². The lowest BCUT2D eigenvalue weighted by Gasteiger charge is -2.17. The van der Waals surface area contributed by atoms with Gasteiger partial charge in [0.05, 0.1) is 5.69 Å². The van der Waals surface area contributed by atoms with Crippen molar-refractivity contribution in [3.63, 3.8) is 0 Å². The third kappa shape index (κ3) is 3.40. The lowest BCUT2D eigenvalue weighted by atomic mass is 9.87. The van der Waals surface area contributed by atoms with E-state index in [-0.39, 0.29) is 11.7 Å². The van der Waals surface area contributed by atoms with Crippen LogP contribution in [0.3, 0.4) is 0 Å². The first-order chi connectivity index (χ1) is 10.7. The van der Waals surface area contributed by atoms with Crippen LogP contribution in [-0.4, -0.2) is 10.8 Å². The van der Waals surface area contributed by atoms with Crippen molar-refractivity contribution < 1.29 is 4.79 Å². The fraction of sp³-hybridized carbons (Fsp3) is 0.111. The molecule has 0 spiro atoms. The van der Waals surface area contributed by atoms with Gasteiger partial charge in [0.15, 0.2) is 9.74 Å². The van der Waals surface area contributed by atoms with E-state index in [0.29, 0.717) is 16.1 Å². The summed E-state index contributed by atoms with van der Waals surface area (Å²) in [6.07, 6.45) is 0.427. The van der Waals surface area contributed by atoms with Crippen LogP contribution in [0.4, 0.5) is 0 Å². The van der Waals surface area contributed by atoms with E-state index in [1.54, 1.807) is 5.38 Å². The van der Waals surface area contributed by atoms with Crippen molar-refractivity contribution in [3.8, 4) is 0 Å². The topological polar surface area (TPSA) is 32.9 Å². The number of carbonyl (C=O) groups excluding carboxylic acids is 1. The van der Waals surface area contributed by atoms with Crippen LogP contribution < -0.4 is 0 Å². The normalized spacial score (nSPS) is 10.8. The molecule has 0 bridgehead atoms. The molecule has 0 aliphatic heterocycles. The highest BCUT2D eigenvalue weighted by atomic mass is 32.1. The van der Waals surface area contributed by atoms with Crippen LogP contribution >= 0.6 is 23.6 Å². The van der Waals surface area contributed by atoms with Gasteiger partial charge in [-0.2, -0.15) is 0 Å². The lowest BCUT2D eigenvalue weighted by Crippen LogP contribution is -2.09. The zero-order chi connectivity index (χ0) is 15.4. The number of H-pyrrole nitrogens is 1. The van der Waals surface area contributed by atoms with Crippen molar-refractivity contribution in [1.82, 2.24) is 4.98 Å². The zero-order valence-electron chi connectivity index (χ0n) is 11.9. The SMILES string of the molecule is O=C(CC(c1ccccc1)c1ccccc1)c1csc(=S)[nH]1. The number of Topliss-reactive ketones (excluding diaryl/α,β-unsaturated/α-hetero) is 1. The summed E-state index contributed by atoms with van der Waals surface area (Å²) < 4.78 is 0.638. The van der Waals surface area contributed by atoms with Crippen LogP contribution in [0.5, 0.6) is 0 Å². The molecule has 4 heteroatoms. The smallest absolute Gasteiger partial charge is 0.180 e. The summed E-state index contributed by atoms with van der Waals surface area (Å²) in [5, 5.41) is 1.80. The van der Waals surface area contributed by atoms with Gasteiger partial charge in [0.1, 0.15) is 0 Å². The van der Waals surface area contributed by atoms with Crippen LogP contribution in [0.25, 0.3) is 0 Å². The fourth-order valence-electron chi connectivity index (χ4n) is 2.51. The second-order valence-corrected chi connectivity index (χ2v) is 6.61. The number of aromatic nitrogens is 1. The van der Waals surface area contributed by atoms with Gasteiger partial charge >= 0.3 is 0 Å². The number of carbonyl (C=O) groups is 1. The average Bonchev–Trinajstić information content (AvgIpc) is 3.01. The van der Waals surface area contributed by atoms with Gasteiger partial charge in [-0.15, -0.1) is 11.3 Å². The second-order valence-electron chi connectivity index (χ2n) is 5.06. The highest BCUT2D eigenvalue weighted by Crippen LogP contribution is 2.29. The van der Waals surface area contributed by atoms with Gasteiger partial charge in [-0.1, -0.05) is 60.7 Å². The molecule has 0 unspecified atom stereocenters. The number of aromatic amines is 1. The molecule has 1 N–H and O–H groups in total. The standard InChI is InChI=1S/C18H15NOS2/c20-17(16-12-22-18(21)19-16)11-15(13-7-3-1-4-8-13)14-9-5-2-6-10-14/h1-10,12,15H,11H2,(H,19,21). The van der Waals surface area contributed by atoms with Crippen molar-refractivity contribution in [3.05, 3.63) is 86.8 Å². The number of hydrogen-bond acceptors (Lipinski definition) is 3. The Hall–Kier alpha value is -2.04. The van der Waals surface area contributed by atoms with Gasteiger partial charge in [0, 0.05) is 17.7 Å². The maximum Gasteiger partial charge on any atom is 0.180 e. The highest BCUT2D eigenvalue weighted by molar-refractivity contribution is 7.73. The lowest BCUT2D eigenvalue weighted by molar-refractivity contribution is 0.0973. The second kappa shape index (κ2) is 6.81. The van der Waals surface area contributed by atoms with E-state index in [4.69, 9.17) is 12.2 Å². The monoisotopic (exact) mass is 325 g/mol. The summed E-state index contributed by atoms with van der Waals surface area (Å²) in [6.45, 7) is 0. The molecule has 1 heterocycles. The van der Waals surface area contributed by atoms with E-state index in [2.05, 4.69) is 29.2 Å². The summed E-state index contributed by atoms with van der Waals surface area (Å²) in [5.74, 6) is 0.141. The molecule has 1 aromatic heterocycles. The number of benzene rings is 2. The van der Waals surface area contributed by atoms with Gasteiger partial charge in [0.2, 0.25) is 0 Å². The molecule has 2 aromatic carbocycles. The Bertz CT molecular complexity index is 766. The third-order valence-corrected chi connectivity index (χ3v) is 4.67. The quantitative estimate of drug-likeness (QED) is 0.516. The molecule has 0 aliphatic rings. The van der Waals surface area contributed by atoms with E-state index in [1.807, 2.05) is 36.4 Å². The summed E-state index contributed by atoms with van der Waals surface area (Å²) in [4.78, 5) is 15.5. The molecule has 3 aromatic rings. The minimum Gasteiger partial charge on any atom is -0.335 e. The van der Waals surface area contributed by atoms with Crippen molar-refractivity contribution in [2.45, 2.75) is 12.3 Å². The summed E-state index contributed by atoms with van der Waals surface area (Å²) in [5.41, 5.74) is 2.90. The predicted molar refractivity (Wildman–Crippen MR) is 93.2 cm³/mol. The van der Waals surface area contributed by atoms with Crippen LogP contribution in [0, 0.1) is 3.95 Å². The maximum absolute atomic E-state index is 12.5. The van der Waals surface area contributed by atoms with Crippen molar-refractivity contribution in [2.75, 3.05) is 0 Å². The Kier molecular flexibility index (Phi) is 4.61. The molecular weight excluding hydrogens is 310 g/mol. The van der Waals surface area contributed by atoms with Crippen LogP contribution in [-0.2, 0) is 0 Å². The Labute approximate surface area is 138 Å². The minimum absolute atomic E-state index is 0.0526. The van der Waals surface area contributed by atoms with Gasteiger partial charge in [-0.05, 0) is 23.3 Å². The van der Waals surface area contributed by atoms with Gasteiger partial charge in [-0.25, -0.2) is 0 Å². The van der Waals surface area contributed by atoms with Gasteiger partial charge in [0.25, 0.3) is 0 Å². The first kappa shape index (κ1) is 14.9. The van der Waals surface area contributed by atoms with Crippen LogP contribution in [0.2, 0.25) is 0 Å². The summed E-state index contributed by atoms with van der Waals surface area (Å²) in [6, 6.07) is 20.3. The van der Waals surface area contributed by atoms with E-state index in [9.17, 15) is 4.79 Å². The van der Waals surface area contributed by atoms with Crippen molar-refractivity contribution >= 4 is 29.3 Å². The number of ketones is 1. The Balaban J connectivity index is 1.93. The molecule has 0 amide bonds. The first-order valence-electron chi connectivity index (χ1n) is 7.05. The van der Waals surface area contributed by atoms with E-state index in [1.165, 1.54) is 11.3 Å². The molecular formula is C18H15NOS2. The highest BCUT2D eigenvalue weighted by Gasteiger charge is 2.19. The average molecular weight is 325 g/mol. The number of hydrogen-bond donors (Lipinski definition) is 1. The summed E-state index contributed by atoms with van der Waals surface area (Å²) >= 11 is 6.45. The number of nitrogens with one attached hydrogen (secondary N) is 1. The van der Waals surface area contributed by atoms with Crippen LogP contribution in [0.15, 0.2) is 66.0 Å². The summed E-state index contributed by atoms with van der Waals surface area (Å²) in [7, 11) is 0. The molecule has 0 aliphatic carbocycles. The molecule has 0 radical (unpaired) electrons. The van der Waals surface area contributed by atoms with Gasteiger partial charge in [-0.3, -0.25) is 4.79 Å². The predicted octanol–water partition coefficient (Wildman–Crippen LogP) is 5.21. The number of thiazole rings is 1. The first-order valence-corrected chi connectivity index (χ1v) is 8.34. The molecule has 0 fully saturated rings. The van der Waals surface area contributed by atoms with E-state index >= 15 is 0 Å². The molecule has 0 saturated heterocycles. The zero-order valence-corrected chi connectivity index (χ0v) is 13.5. The Morgan fingerprint density at radius 3 is 2.00 bits per heavy atom. The Morgan fingerprint density at radius 1 is 1.00 bits per heavy atom. The number of rotatable bonds is 5. The molecule has 22 heavy (non-hydrogen) atoms. The maximum atomic E-state index is 12.5. The van der Waals surface area contributed by atoms with Crippen molar-refractivity contribution in [2.24, 2.45) is 0 Å².